The molecule has 142 valence electrons. The van der Waals surface area contributed by atoms with Gasteiger partial charge in [0.1, 0.15) is 17.0 Å². The van der Waals surface area contributed by atoms with Crippen LogP contribution in [-0.4, -0.2) is 25.7 Å². The highest BCUT2D eigenvalue weighted by Crippen LogP contribution is 2.32. The van der Waals surface area contributed by atoms with Crippen LogP contribution >= 0.6 is 11.3 Å². The molecule has 0 saturated carbocycles. The average Bonchev–Trinajstić information content (AvgIpc) is 3.34. The van der Waals surface area contributed by atoms with Gasteiger partial charge in [0.15, 0.2) is 5.13 Å². The van der Waals surface area contributed by atoms with Gasteiger partial charge < -0.3 is 0 Å². The molecular weight excluding hydrogens is 377 g/mol. The van der Waals surface area contributed by atoms with Gasteiger partial charge in [-0.15, -0.1) is 0 Å². The van der Waals surface area contributed by atoms with Crippen molar-refractivity contribution in [3.05, 3.63) is 72.1 Å². The van der Waals surface area contributed by atoms with Crippen LogP contribution in [0.2, 0.25) is 0 Å². The van der Waals surface area contributed by atoms with Crippen molar-refractivity contribution in [1.29, 1.82) is 0 Å². The van der Waals surface area contributed by atoms with E-state index in [1.165, 1.54) is 17.4 Å². The summed E-state index contributed by atoms with van der Waals surface area (Å²) in [6.45, 7) is 4.20. The maximum Gasteiger partial charge on any atom is 0.278 e. The third kappa shape index (κ3) is 3.38. The predicted molar refractivity (Wildman–Crippen MR) is 107 cm³/mol. The Labute approximate surface area is 165 Å². The van der Waals surface area contributed by atoms with E-state index in [-0.39, 0.29) is 24.0 Å². The molecule has 0 aliphatic carbocycles. The number of nitrogens with zero attached hydrogens (tertiary/aromatic N) is 5. The smallest absolute Gasteiger partial charge is 0.278 e. The van der Waals surface area contributed by atoms with Crippen molar-refractivity contribution in [1.82, 2.24) is 19.7 Å². The molecule has 0 aliphatic heterocycles. The number of halogens is 1. The summed E-state index contributed by atoms with van der Waals surface area (Å²) in [6, 6.07) is 10.2. The molecule has 28 heavy (non-hydrogen) atoms. The topological polar surface area (TPSA) is 63.9 Å². The molecule has 3 heterocycles. The second-order valence-corrected chi connectivity index (χ2v) is 7.60. The summed E-state index contributed by atoms with van der Waals surface area (Å²) in [6.07, 6.45) is 4.98. The van der Waals surface area contributed by atoms with Gasteiger partial charge in [-0.2, -0.15) is 5.10 Å². The van der Waals surface area contributed by atoms with Crippen molar-refractivity contribution in [2.24, 2.45) is 0 Å². The van der Waals surface area contributed by atoms with Gasteiger partial charge in [0.2, 0.25) is 0 Å². The van der Waals surface area contributed by atoms with E-state index in [2.05, 4.69) is 15.1 Å². The van der Waals surface area contributed by atoms with Crippen LogP contribution in [-0.2, 0) is 6.54 Å². The second-order valence-electron chi connectivity index (χ2n) is 6.59. The number of para-hydroxylation sites is 1. The summed E-state index contributed by atoms with van der Waals surface area (Å²) in [7, 11) is 0. The molecule has 0 unspecified atom stereocenters. The van der Waals surface area contributed by atoms with Crippen LogP contribution in [0.25, 0.3) is 10.2 Å². The summed E-state index contributed by atoms with van der Waals surface area (Å²) in [5.41, 5.74) is 1.58. The Morgan fingerprint density at radius 3 is 2.79 bits per heavy atom. The molecule has 0 spiro atoms. The van der Waals surface area contributed by atoms with Gasteiger partial charge in [-0.05, 0) is 43.7 Å². The molecule has 1 aromatic carbocycles. The van der Waals surface area contributed by atoms with Gasteiger partial charge in [-0.25, -0.2) is 9.37 Å². The Morgan fingerprint density at radius 1 is 1.21 bits per heavy atom. The zero-order valence-corrected chi connectivity index (χ0v) is 16.2. The molecule has 1 amide bonds. The van der Waals surface area contributed by atoms with Gasteiger partial charge in [0.05, 0.1) is 11.2 Å². The highest BCUT2D eigenvalue weighted by Gasteiger charge is 2.25. The highest BCUT2D eigenvalue weighted by atomic mass is 32.1. The fraction of sp³-hybridized carbons (Fsp3) is 0.200. The van der Waals surface area contributed by atoms with Crippen LogP contribution < -0.4 is 4.90 Å². The number of carbonyl (C=O) groups excluding carboxylic acids is 1. The standard InChI is InChI=1S/C20H18FN5OS/c1-13(2)26-16(8-10-23-26)19(27)25(12-14-5-4-9-22-11-14)20-24-18-15(21)6-3-7-17(18)28-20/h3-11,13H,12H2,1-2H3. The number of pyridine rings is 1. The fourth-order valence-corrected chi connectivity index (χ4v) is 3.93. The molecule has 0 saturated heterocycles. The lowest BCUT2D eigenvalue weighted by molar-refractivity contribution is 0.0973. The second kappa shape index (κ2) is 7.47. The number of hydrogen-bond donors (Lipinski definition) is 0. The van der Waals surface area contributed by atoms with E-state index < -0.39 is 5.82 Å². The van der Waals surface area contributed by atoms with E-state index in [1.807, 2.05) is 26.0 Å². The molecule has 6 nitrogen and oxygen atoms in total. The number of aromatic nitrogens is 4. The minimum Gasteiger partial charge on any atom is -0.278 e. The molecule has 0 N–H and O–H groups in total. The zero-order chi connectivity index (χ0) is 19.7. The minimum atomic E-state index is -0.402. The highest BCUT2D eigenvalue weighted by molar-refractivity contribution is 7.22. The number of rotatable bonds is 5. The van der Waals surface area contributed by atoms with Crippen molar-refractivity contribution in [3.8, 4) is 0 Å². The third-order valence-electron chi connectivity index (χ3n) is 4.28. The van der Waals surface area contributed by atoms with E-state index in [0.29, 0.717) is 15.5 Å². The number of hydrogen-bond acceptors (Lipinski definition) is 5. The number of thiazole rings is 1. The Morgan fingerprint density at radius 2 is 2.07 bits per heavy atom. The van der Waals surface area contributed by atoms with E-state index in [4.69, 9.17) is 0 Å². The van der Waals surface area contributed by atoms with E-state index >= 15 is 0 Å². The summed E-state index contributed by atoms with van der Waals surface area (Å²) < 4.78 is 16.5. The molecule has 0 bridgehead atoms. The molecule has 8 heteroatoms. The monoisotopic (exact) mass is 395 g/mol. The maximum atomic E-state index is 14.2. The van der Waals surface area contributed by atoms with Crippen molar-refractivity contribution in [2.45, 2.75) is 26.4 Å². The first-order valence-corrected chi connectivity index (χ1v) is 9.65. The zero-order valence-electron chi connectivity index (χ0n) is 15.4. The lowest BCUT2D eigenvalue weighted by Crippen LogP contribution is -2.32. The minimum absolute atomic E-state index is 0.0296. The van der Waals surface area contributed by atoms with E-state index in [0.717, 1.165) is 5.56 Å². The van der Waals surface area contributed by atoms with Crippen LogP contribution in [0.4, 0.5) is 9.52 Å². The van der Waals surface area contributed by atoms with Gasteiger partial charge in [-0.1, -0.05) is 23.5 Å². The molecular formula is C20H18FN5OS. The molecule has 4 rings (SSSR count). The van der Waals surface area contributed by atoms with Crippen LogP contribution in [0, 0.1) is 5.82 Å². The van der Waals surface area contributed by atoms with Crippen LogP contribution in [0.15, 0.2) is 55.0 Å². The number of benzene rings is 1. The van der Waals surface area contributed by atoms with Crippen LogP contribution in [0.3, 0.4) is 0 Å². The van der Waals surface area contributed by atoms with Gasteiger partial charge in [0, 0.05) is 24.6 Å². The maximum absolute atomic E-state index is 14.2. The lowest BCUT2D eigenvalue weighted by atomic mass is 10.2. The predicted octanol–water partition coefficient (Wildman–Crippen LogP) is 4.45. The molecule has 0 atom stereocenters. The molecule has 3 aromatic heterocycles. The number of carbonyl (C=O) groups is 1. The van der Waals surface area contributed by atoms with Crippen molar-refractivity contribution in [3.63, 3.8) is 0 Å². The van der Waals surface area contributed by atoms with Crippen molar-refractivity contribution >= 4 is 32.6 Å². The van der Waals surface area contributed by atoms with Crippen LogP contribution in [0.5, 0.6) is 0 Å². The quantitative estimate of drug-likeness (QED) is 0.501. The third-order valence-corrected chi connectivity index (χ3v) is 5.32. The average molecular weight is 395 g/mol. The van der Waals surface area contributed by atoms with Crippen molar-refractivity contribution < 1.29 is 9.18 Å². The normalized spacial score (nSPS) is 11.3. The Hall–Kier alpha value is -3.13. The fourth-order valence-electron chi connectivity index (χ4n) is 2.95. The van der Waals surface area contributed by atoms with Gasteiger partial charge >= 0.3 is 0 Å². The van der Waals surface area contributed by atoms with Gasteiger partial charge in [0.25, 0.3) is 5.91 Å². The molecule has 0 radical (unpaired) electrons. The Kier molecular flexibility index (Phi) is 4.87. The lowest BCUT2D eigenvalue weighted by Gasteiger charge is -2.21. The number of fused-ring (bicyclic) bond motifs is 1. The summed E-state index contributed by atoms with van der Waals surface area (Å²) in [5, 5.41) is 4.69. The molecule has 0 aliphatic rings. The largest absolute Gasteiger partial charge is 0.278 e. The first-order valence-electron chi connectivity index (χ1n) is 8.84. The number of anilines is 1. The first kappa shape index (κ1) is 18.2. The molecule has 4 aromatic rings. The SMILES string of the molecule is CC(C)n1nccc1C(=O)N(Cc1cccnc1)c1nc2c(F)cccc2s1. The molecule has 0 fully saturated rings. The Bertz CT molecular complexity index is 1120. The van der Waals surface area contributed by atoms with Crippen molar-refractivity contribution in [2.75, 3.05) is 4.90 Å². The number of amides is 1. The summed E-state index contributed by atoms with van der Waals surface area (Å²) in [4.78, 5) is 23.5. The van der Waals surface area contributed by atoms with Gasteiger partial charge in [-0.3, -0.25) is 19.4 Å². The van der Waals surface area contributed by atoms with E-state index in [1.54, 1.807) is 46.4 Å². The van der Waals surface area contributed by atoms with Crippen LogP contribution in [0.1, 0.15) is 35.9 Å². The summed E-state index contributed by atoms with van der Waals surface area (Å²) in [5.74, 6) is -0.643. The van der Waals surface area contributed by atoms with E-state index in [9.17, 15) is 9.18 Å². The first-order chi connectivity index (χ1) is 13.5. The Balaban J connectivity index is 1.80. The summed E-state index contributed by atoms with van der Waals surface area (Å²) >= 11 is 1.28.